The van der Waals surface area contributed by atoms with E-state index in [0.717, 1.165) is 30.8 Å². The molecule has 0 aliphatic rings. The van der Waals surface area contributed by atoms with Crippen LogP contribution in [0.2, 0.25) is 0 Å². The average Bonchev–Trinajstić information content (AvgIpc) is 2.97. The lowest BCUT2D eigenvalue weighted by Gasteiger charge is -2.16. The molecule has 2 rings (SSSR count). The van der Waals surface area contributed by atoms with E-state index in [9.17, 15) is 0 Å². The highest BCUT2D eigenvalue weighted by Crippen LogP contribution is 2.23. The van der Waals surface area contributed by atoms with E-state index in [0.29, 0.717) is 0 Å². The lowest BCUT2D eigenvalue weighted by Crippen LogP contribution is -2.23. The average molecular weight is 247 g/mol. The molecule has 98 valence electrons. The third-order valence-corrected chi connectivity index (χ3v) is 3.11. The van der Waals surface area contributed by atoms with Gasteiger partial charge in [0.1, 0.15) is 5.76 Å². The zero-order chi connectivity index (χ0) is 13.0. The highest BCUT2D eigenvalue weighted by Gasteiger charge is 2.17. The van der Waals surface area contributed by atoms with Crippen LogP contribution in [-0.2, 0) is 19.9 Å². The molecule has 2 aromatic heterocycles. The Kier molecular flexibility index (Phi) is 4.20. The first kappa shape index (κ1) is 12.9. The van der Waals surface area contributed by atoms with E-state index in [1.807, 2.05) is 17.9 Å². The predicted molar refractivity (Wildman–Crippen MR) is 71.4 cm³/mol. The molecule has 0 aliphatic heterocycles. The molecule has 0 aliphatic carbocycles. The van der Waals surface area contributed by atoms with E-state index in [4.69, 9.17) is 4.42 Å². The Labute approximate surface area is 108 Å². The Balaban J connectivity index is 2.17. The maximum absolute atomic E-state index is 5.52. The van der Waals surface area contributed by atoms with E-state index in [1.54, 1.807) is 6.26 Å². The third-order valence-electron chi connectivity index (χ3n) is 3.11. The van der Waals surface area contributed by atoms with Crippen molar-refractivity contribution in [1.29, 1.82) is 0 Å². The van der Waals surface area contributed by atoms with Crippen LogP contribution in [0.25, 0.3) is 0 Å². The van der Waals surface area contributed by atoms with Gasteiger partial charge in [-0.2, -0.15) is 5.10 Å². The number of rotatable bonds is 6. The minimum Gasteiger partial charge on any atom is -0.469 e. The van der Waals surface area contributed by atoms with Crippen molar-refractivity contribution < 1.29 is 4.42 Å². The Morgan fingerprint density at radius 2 is 2.22 bits per heavy atom. The zero-order valence-electron chi connectivity index (χ0n) is 11.3. The summed E-state index contributed by atoms with van der Waals surface area (Å²) in [7, 11) is 1.95. The SMILES string of the molecule is CCNC(Cc1ccn(C)n1)c1ccoc1CC. The predicted octanol–water partition coefficient (Wildman–Crippen LogP) is 2.47. The first-order valence-corrected chi connectivity index (χ1v) is 6.52. The molecule has 0 spiro atoms. The van der Waals surface area contributed by atoms with Gasteiger partial charge in [0.05, 0.1) is 12.0 Å². The molecular weight excluding hydrogens is 226 g/mol. The van der Waals surface area contributed by atoms with Gasteiger partial charge < -0.3 is 9.73 Å². The summed E-state index contributed by atoms with van der Waals surface area (Å²) >= 11 is 0. The van der Waals surface area contributed by atoms with Crippen molar-refractivity contribution in [3.63, 3.8) is 0 Å². The van der Waals surface area contributed by atoms with Crippen molar-refractivity contribution in [2.24, 2.45) is 7.05 Å². The van der Waals surface area contributed by atoms with Crippen molar-refractivity contribution in [2.45, 2.75) is 32.7 Å². The normalized spacial score (nSPS) is 12.8. The van der Waals surface area contributed by atoms with Crippen LogP contribution in [-0.4, -0.2) is 16.3 Å². The molecule has 0 aromatic carbocycles. The first-order chi connectivity index (χ1) is 8.74. The Morgan fingerprint density at radius 3 is 2.83 bits per heavy atom. The Morgan fingerprint density at radius 1 is 1.39 bits per heavy atom. The molecule has 0 bridgehead atoms. The Hall–Kier alpha value is -1.55. The van der Waals surface area contributed by atoms with Crippen molar-refractivity contribution in [3.8, 4) is 0 Å². The molecule has 18 heavy (non-hydrogen) atoms. The summed E-state index contributed by atoms with van der Waals surface area (Å²) in [6, 6.07) is 4.41. The van der Waals surface area contributed by atoms with E-state index in [-0.39, 0.29) is 6.04 Å². The summed E-state index contributed by atoms with van der Waals surface area (Å²) < 4.78 is 7.36. The van der Waals surface area contributed by atoms with Gasteiger partial charge in [0.2, 0.25) is 0 Å². The first-order valence-electron chi connectivity index (χ1n) is 6.52. The fourth-order valence-corrected chi connectivity index (χ4v) is 2.27. The molecule has 0 radical (unpaired) electrons. The number of aromatic nitrogens is 2. The molecule has 0 fully saturated rings. The van der Waals surface area contributed by atoms with E-state index < -0.39 is 0 Å². The molecule has 0 saturated heterocycles. The van der Waals surface area contributed by atoms with Crippen molar-refractivity contribution in [1.82, 2.24) is 15.1 Å². The fraction of sp³-hybridized carbons (Fsp3) is 0.500. The molecule has 1 N–H and O–H groups in total. The van der Waals surface area contributed by atoms with Crippen molar-refractivity contribution in [3.05, 3.63) is 41.6 Å². The monoisotopic (exact) mass is 247 g/mol. The fourth-order valence-electron chi connectivity index (χ4n) is 2.27. The van der Waals surface area contributed by atoms with Gasteiger partial charge in [0, 0.05) is 37.7 Å². The smallest absolute Gasteiger partial charge is 0.108 e. The second kappa shape index (κ2) is 5.87. The Bertz CT molecular complexity index is 487. The quantitative estimate of drug-likeness (QED) is 0.852. The lowest BCUT2D eigenvalue weighted by molar-refractivity contribution is 0.485. The van der Waals surface area contributed by atoms with Gasteiger partial charge in [-0.05, 0) is 18.7 Å². The molecule has 4 nitrogen and oxygen atoms in total. The van der Waals surface area contributed by atoms with Gasteiger partial charge in [-0.25, -0.2) is 0 Å². The van der Waals surface area contributed by atoms with Crippen LogP contribution in [0.5, 0.6) is 0 Å². The van der Waals surface area contributed by atoms with Crippen LogP contribution in [0.15, 0.2) is 29.0 Å². The minimum atomic E-state index is 0.276. The van der Waals surface area contributed by atoms with Gasteiger partial charge in [0.15, 0.2) is 0 Å². The van der Waals surface area contributed by atoms with Crippen LogP contribution in [0.3, 0.4) is 0 Å². The summed E-state index contributed by atoms with van der Waals surface area (Å²) in [6.07, 6.45) is 5.57. The molecule has 4 heteroatoms. The van der Waals surface area contributed by atoms with Gasteiger partial charge in [0.25, 0.3) is 0 Å². The van der Waals surface area contributed by atoms with Crippen LogP contribution in [0, 0.1) is 0 Å². The molecule has 2 heterocycles. The molecular formula is C14H21N3O. The number of aryl methyl sites for hydroxylation is 2. The lowest BCUT2D eigenvalue weighted by atomic mass is 10.0. The highest BCUT2D eigenvalue weighted by molar-refractivity contribution is 5.23. The maximum atomic E-state index is 5.52. The van der Waals surface area contributed by atoms with Crippen molar-refractivity contribution >= 4 is 0 Å². The van der Waals surface area contributed by atoms with Crippen LogP contribution in [0.1, 0.15) is 36.9 Å². The van der Waals surface area contributed by atoms with Crippen molar-refractivity contribution in [2.75, 3.05) is 6.54 Å². The van der Waals surface area contributed by atoms with E-state index in [1.165, 1.54) is 5.56 Å². The molecule has 0 saturated carbocycles. The summed E-state index contributed by atoms with van der Waals surface area (Å²) in [5.74, 6) is 1.07. The van der Waals surface area contributed by atoms with Gasteiger partial charge in [-0.15, -0.1) is 0 Å². The summed E-state index contributed by atoms with van der Waals surface area (Å²) in [4.78, 5) is 0. The van der Waals surface area contributed by atoms with Crippen LogP contribution in [0.4, 0.5) is 0 Å². The zero-order valence-corrected chi connectivity index (χ0v) is 11.3. The number of hydrogen-bond acceptors (Lipinski definition) is 3. The largest absolute Gasteiger partial charge is 0.469 e. The van der Waals surface area contributed by atoms with Gasteiger partial charge >= 0.3 is 0 Å². The molecule has 1 unspecified atom stereocenters. The number of likely N-dealkylation sites (N-methyl/N-ethyl adjacent to an activating group) is 1. The summed E-state index contributed by atoms with van der Waals surface area (Å²) in [5, 5.41) is 7.95. The minimum absolute atomic E-state index is 0.276. The summed E-state index contributed by atoms with van der Waals surface area (Å²) in [6.45, 7) is 5.18. The van der Waals surface area contributed by atoms with Crippen LogP contribution < -0.4 is 5.32 Å². The standard InChI is InChI=1S/C14H21N3O/c1-4-14-12(7-9-18-14)13(15-5-2)10-11-6-8-17(3)16-11/h6-9,13,15H,4-5,10H2,1-3H3. The second-order valence-corrected chi connectivity index (χ2v) is 4.45. The summed E-state index contributed by atoms with van der Waals surface area (Å²) in [5.41, 5.74) is 2.36. The third kappa shape index (κ3) is 2.82. The van der Waals surface area contributed by atoms with Gasteiger partial charge in [-0.1, -0.05) is 13.8 Å². The number of hydrogen-bond donors (Lipinski definition) is 1. The van der Waals surface area contributed by atoms with E-state index >= 15 is 0 Å². The number of furan rings is 1. The molecule has 1 atom stereocenters. The number of nitrogens with one attached hydrogen (secondary N) is 1. The van der Waals surface area contributed by atoms with Gasteiger partial charge in [-0.3, -0.25) is 4.68 Å². The highest BCUT2D eigenvalue weighted by atomic mass is 16.3. The second-order valence-electron chi connectivity index (χ2n) is 4.45. The van der Waals surface area contributed by atoms with Crippen LogP contribution >= 0.6 is 0 Å². The topological polar surface area (TPSA) is 43.0 Å². The number of nitrogens with zero attached hydrogens (tertiary/aromatic N) is 2. The molecule has 0 amide bonds. The maximum Gasteiger partial charge on any atom is 0.108 e. The van der Waals surface area contributed by atoms with E-state index in [2.05, 4.69) is 36.4 Å². The molecule has 2 aromatic rings.